The van der Waals surface area contributed by atoms with Crippen molar-refractivity contribution in [1.29, 1.82) is 0 Å². The third-order valence-corrected chi connectivity index (χ3v) is 10.4. The van der Waals surface area contributed by atoms with E-state index in [1.165, 1.54) is 19.3 Å². The summed E-state index contributed by atoms with van der Waals surface area (Å²) in [5.41, 5.74) is 5.51. The van der Waals surface area contributed by atoms with Crippen LogP contribution in [0.4, 0.5) is 5.95 Å². The normalized spacial score (nSPS) is 18.9. The van der Waals surface area contributed by atoms with Crippen molar-refractivity contribution in [2.75, 3.05) is 11.3 Å². The van der Waals surface area contributed by atoms with Gasteiger partial charge in [0.15, 0.2) is 0 Å². The van der Waals surface area contributed by atoms with E-state index >= 15 is 0 Å². The number of nitrogens with one attached hydrogen (secondary N) is 1. The van der Waals surface area contributed by atoms with Crippen molar-refractivity contribution < 1.29 is 13.2 Å². The average molecular weight is 641 g/mol. The Labute approximate surface area is 272 Å². The molecule has 4 aromatic rings. The van der Waals surface area contributed by atoms with Gasteiger partial charge < -0.3 is 4.74 Å². The van der Waals surface area contributed by atoms with E-state index < -0.39 is 10.0 Å². The van der Waals surface area contributed by atoms with Crippen molar-refractivity contribution in [3.05, 3.63) is 89.0 Å². The molecule has 3 heterocycles. The molecule has 0 unspecified atom stereocenters. The van der Waals surface area contributed by atoms with Crippen LogP contribution in [0.1, 0.15) is 86.4 Å². The van der Waals surface area contributed by atoms with Crippen molar-refractivity contribution >= 4 is 16.0 Å². The molecular weight excluding hydrogens is 597 g/mol. The number of fused-ring (bicyclic) bond motifs is 4. The molecule has 2 aromatic carbocycles. The average Bonchev–Trinajstić information content (AvgIpc) is 3.03. The highest BCUT2D eigenvalue weighted by Crippen LogP contribution is 2.32. The summed E-state index contributed by atoms with van der Waals surface area (Å²) in [5, 5.41) is 0. The number of aromatic nitrogens is 4. The number of anilines is 1. The minimum absolute atomic E-state index is 0.00839. The Morgan fingerprint density at radius 3 is 2.39 bits per heavy atom. The standard InChI is InChI=1S/C36H44N6O3S/c1-24(2)16-30-23-45-33-18-32(34-25(3)10-8-11-26(34)4)39-36(40-33)41-46(43,44)31-15-9-12-27(17-31)21-42(30)22-28-19-37-35(38-20-28)29-13-6-5-7-14-29/h8-12,15,17-20,24,29-30H,5-7,13-14,16,21-23H2,1-4H3,(H,39,40,41)/t30-/m1/s1. The third-order valence-electron chi connectivity index (χ3n) is 9.02. The van der Waals surface area contributed by atoms with Crippen LogP contribution in [-0.4, -0.2) is 45.9 Å². The van der Waals surface area contributed by atoms with Crippen LogP contribution in [-0.2, 0) is 23.1 Å². The molecule has 10 heteroatoms. The lowest BCUT2D eigenvalue weighted by Gasteiger charge is -2.33. The maximum atomic E-state index is 13.6. The molecule has 9 nitrogen and oxygen atoms in total. The van der Waals surface area contributed by atoms with Gasteiger partial charge in [-0.3, -0.25) is 4.90 Å². The van der Waals surface area contributed by atoms with Gasteiger partial charge in [-0.1, -0.05) is 63.4 Å². The van der Waals surface area contributed by atoms with Crippen LogP contribution in [0.3, 0.4) is 0 Å². The fourth-order valence-electron chi connectivity index (χ4n) is 6.73. The van der Waals surface area contributed by atoms with E-state index in [1.54, 1.807) is 24.3 Å². The first-order valence-corrected chi connectivity index (χ1v) is 17.9. The molecule has 2 aliphatic rings. The van der Waals surface area contributed by atoms with Gasteiger partial charge in [-0.05, 0) is 67.9 Å². The summed E-state index contributed by atoms with van der Waals surface area (Å²) in [4.78, 5) is 21.3. The first-order valence-electron chi connectivity index (χ1n) is 16.4. The molecule has 1 saturated carbocycles. The highest BCUT2D eigenvalue weighted by molar-refractivity contribution is 7.92. The van der Waals surface area contributed by atoms with Gasteiger partial charge in [0.05, 0.1) is 10.6 Å². The monoisotopic (exact) mass is 640 g/mol. The van der Waals surface area contributed by atoms with Crippen LogP contribution in [0.25, 0.3) is 11.3 Å². The Hall–Kier alpha value is -3.89. The Balaban J connectivity index is 1.38. The first kappa shape index (κ1) is 32.1. The number of hydrogen-bond donors (Lipinski definition) is 1. The Bertz CT molecular complexity index is 1750. The van der Waals surface area contributed by atoms with E-state index in [0.717, 1.165) is 52.9 Å². The number of sulfonamides is 1. The van der Waals surface area contributed by atoms with Crippen LogP contribution in [0.2, 0.25) is 0 Å². The molecule has 242 valence electrons. The summed E-state index contributed by atoms with van der Waals surface area (Å²) in [6.07, 6.45) is 10.9. The number of nitrogens with zero attached hydrogens (tertiary/aromatic N) is 5. The minimum Gasteiger partial charge on any atom is -0.476 e. The summed E-state index contributed by atoms with van der Waals surface area (Å²) in [6.45, 7) is 9.96. The quantitative estimate of drug-likeness (QED) is 0.236. The molecule has 1 aliphatic heterocycles. The van der Waals surface area contributed by atoms with Gasteiger partial charge in [0.1, 0.15) is 12.4 Å². The van der Waals surface area contributed by atoms with Gasteiger partial charge in [-0.25, -0.2) is 28.1 Å². The van der Waals surface area contributed by atoms with Gasteiger partial charge >= 0.3 is 0 Å². The summed E-state index contributed by atoms with van der Waals surface area (Å²) >= 11 is 0. The SMILES string of the molecule is Cc1cccc(C)c1-c1cc2nc(n1)NS(=O)(=O)c1cccc(c1)CN(Cc1cnc(C3CCCCC3)nc1)[C@H](CC(C)C)CO2. The zero-order chi connectivity index (χ0) is 32.3. The van der Waals surface area contributed by atoms with Crippen LogP contribution in [0.5, 0.6) is 5.88 Å². The van der Waals surface area contributed by atoms with E-state index in [-0.39, 0.29) is 16.9 Å². The fraction of sp³-hybridized carbons (Fsp3) is 0.444. The number of ether oxygens (including phenoxy) is 1. The second-order valence-electron chi connectivity index (χ2n) is 13.2. The van der Waals surface area contributed by atoms with E-state index in [2.05, 4.69) is 33.4 Å². The van der Waals surface area contributed by atoms with Gasteiger partial charge in [0.25, 0.3) is 10.0 Å². The van der Waals surface area contributed by atoms with Gasteiger partial charge in [-0.15, -0.1) is 0 Å². The lowest BCUT2D eigenvalue weighted by Crippen LogP contribution is -2.40. The van der Waals surface area contributed by atoms with E-state index in [4.69, 9.17) is 14.7 Å². The summed E-state index contributed by atoms with van der Waals surface area (Å²) in [6, 6.07) is 14.9. The number of benzene rings is 2. The van der Waals surface area contributed by atoms with E-state index in [9.17, 15) is 8.42 Å². The van der Waals surface area contributed by atoms with Crippen LogP contribution in [0, 0.1) is 19.8 Å². The van der Waals surface area contributed by atoms with Crippen molar-refractivity contribution in [1.82, 2.24) is 24.8 Å². The molecule has 1 N–H and O–H groups in total. The Morgan fingerprint density at radius 2 is 1.67 bits per heavy atom. The van der Waals surface area contributed by atoms with Crippen molar-refractivity contribution in [3.8, 4) is 17.1 Å². The van der Waals surface area contributed by atoms with Crippen molar-refractivity contribution in [2.24, 2.45) is 5.92 Å². The van der Waals surface area contributed by atoms with Crippen molar-refractivity contribution in [3.63, 3.8) is 0 Å². The summed E-state index contributed by atoms with van der Waals surface area (Å²) < 4.78 is 36.3. The predicted molar refractivity (Wildman–Crippen MR) is 180 cm³/mol. The molecular formula is C36H44N6O3S. The van der Waals surface area contributed by atoms with Gasteiger partial charge in [-0.2, -0.15) is 4.98 Å². The smallest absolute Gasteiger partial charge is 0.264 e. The Kier molecular flexibility index (Phi) is 9.65. The van der Waals surface area contributed by atoms with E-state index in [1.807, 2.05) is 50.5 Å². The first-order chi connectivity index (χ1) is 22.1. The summed E-state index contributed by atoms with van der Waals surface area (Å²) in [5.74, 6) is 2.09. The van der Waals surface area contributed by atoms with Crippen LogP contribution >= 0.6 is 0 Å². The molecule has 0 spiro atoms. The van der Waals surface area contributed by atoms with Crippen LogP contribution in [0.15, 0.2) is 65.8 Å². The highest BCUT2D eigenvalue weighted by Gasteiger charge is 2.26. The lowest BCUT2D eigenvalue weighted by atomic mass is 9.89. The number of hydrogen-bond acceptors (Lipinski definition) is 8. The minimum atomic E-state index is -3.97. The second-order valence-corrected chi connectivity index (χ2v) is 14.9. The molecule has 46 heavy (non-hydrogen) atoms. The zero-order valence-corrected chi connectivity index (χ0v) is 28.1. The van der Waals surface area contributed by atoms with Crippen molar-refractivity contribution in [2.45, 2.75) is 96.2 Å². The molecule has 1 fully saturated rings. The molecule has 2 aromatic heterocycles. The van der Waals surface area contributed by atoms with Gasteiger partial charge in [0.2, 0.25) is 11.8 Å². The second kappa shape index (κ2) is 13.8. The number of aryl methyl sites for hydroxylation is 2. The summed E-state index contributed by atoms with van der Waals surface area (Å²) in [7, 11) is -3.97. The Morgan fingerprint density at radius 1 is 0.957 bits per heavy atom. The fourth-order valence-corrected chi connectivity index (χ4v) is 7.74. The van der Waals surface area contributed by atoms with Crippen LogP contribution < -0.4 is 9.46 Å². The maximum Gasteiger partial charge on any atom is 0.264 e. The molecule has 4 bridgehead atoms. The maximum absolute atomic E-state index is 13.6. The topological polar surface area (TPSA) is 110 Å². The highest BCUT2D eigenvalue weighted by atomic mass is 32.2. The largest absolute Gasteiger partial charge is 0.476 e. The zero-order valence-electron chi connectivity index (χ0n) is 27.2. The molecule has 1 atom stereocenters. The lowest BCUT2D eigenvalue weighted by molar-refractivity contribution is 0.102. The van der Waals surface area contributed by atoms with Gasteiger partial charge in [0, 0.05) is 54.6 Å². The predicted octanol–water partition coefficient (Wildman–Crippen LogP) is 7.21. The molecule has 0 amide bonds. The molecule has 0 radical (unpaired) electrons. The number of rotatable bonds is 6. The van der Waals surface area contributed by atoms with E-state index in [0.29, 0.717) is 43.1 Å². The molecule has 6 rings (SSSR count). The third kappa shape index (κ3) is 7.56. The molecule has 0 saturated heterocycles. The molecule has 1 aliphatic carbocycles.